The van der Waals surface area contributed by atoms with Gasteiger partial charge in [-0.15, -0.1) is 11.3 Å². The topological polar surface area (TPSA) is 21.3 Å². The lowest BCUT2D eigenvalue weighted by atomic mass is 9.93. The molecule has 4 heteroatoms. The maximum atomic E-state index is 5.95. The standard InChI is InChI=1S/C11H16ClNOS/c1-13-7-8-3-2-6-14-11(8)9-4-5-10(12)15-9/h4-5,8,11,13H,2-3,6-7H2,1H3. The molecule has 84 valence electrons. The Balaban J connectivity index is 2.10. The van der Waals surface area contributed by atoms with Gasteiger partial charge < -0.3 is 10.1 Å². The van der Waals surface area contributed by atoms with E-state index >= 15 is 0 Å². The molecule has 1 aliphatic heterocycles. The fourth-order valence-corrected chi connectivity index (χ4v) is 3.31. The Kier molecular flexibility index (Phi) is 4.03. The van der Waals surface area contributed by atoms with Crippen LogP contribution in [0.25, 0.3) is 0 Å². The summed E-state index contributed by atoms with van der Waals surface area (Å²) in [4.78, 5) is 1.26. The molecule has 1 aromatic rings. The molecule has 0 aromatic carbocycles. The largest absolute Gasteiger partial charge is 0.372 e. The van der Waals surface area contributed by atoms with Crippen LogP contribution >= 0.6 is 22.9 Å². The first-order valence-corrected chi connectivity index (χ1v) is 6.52. The first kappa shape index (κ1) is 11.4. The second kappa shape index (κ2) is 5.30. The maximum Gasteiger partial charge on any atom is 0.0957 e. The van der Waals surface area contributed by atoms with Crippen LogP contribution in [0.4, 0.5) is 0 Å². The highest BCUT2D eigenvalue weighted by Crippen LogP contribution is 2.37. The van der Waals surface area contributed by atoms with Gasteiger partial charge in [-0.1, -0.05) is 11.6 Å². The normalized spacial score (nSPS) is 26.8. The molecule has 1 aromatic heterocycles. The van der Waals surface area contributed by atoms with Crippen molar-refractivity contribution in [2.45, 2.75) is 18.9 Å². The second-order valence-corrected chi connectivity index (χ2v) is 5.64. The predicted molar refractivity (Wildman–Crippen MR) is 64.7 cm³/mol. The highest BCUT2D eigenvalue weighted by Gasteiger charge is 2.27. The Morgan fingerprint density at radius 2 is 2.47 bits per heavy atom. The third-order valence-corrected chi connectivity index (χ3v) is 4.08. The first-order chi connectivity index (χ1) is 7.31. The van der Waals surface area contributed by atoms with Gasteiger partial charge in [-0.3, -0.25) is 0 Å². The van der Waals surface area contributed by atoms with Crippen LogP contribution in [-0.2, 0) is 4.74 Å². The summed E-state index contributed by atoms with van der Waals surface area (Å²) in [6, 6.07) is 4.04. The van der Waals surface area contributed by atoms with Crippen molar-refractivity contribution in [3.63, 3.8) is 0 Å². The number of ether oxygens (including phenoxy) is 1. The number of halogens is 1. The molecule has 2 nitrogen and oxygen atoms in total. The summed E-state index contributed by atoms with van der Waals surface area (Å²) in [6.45, 7) is 1.89. The average Bonchev–Trinajstić information content (AvgIpc) is 2.66. The van der Waals surface area contributed by atoms with Crippen LogP contribution in [0.5, 0.6) is 0 Å². The van der Waals surface area contributed by atoms with Crippen molar-refractivity contribution in [1.82, 2.24) is 5.32 Å². The minimum absolute atomic E-state index is 0.240. The Labute approximate surface area is 99.6 Å². The van der Waals surface area contributed by atoms with Crippen molar-refractivity contribution in [1.29, 1.82) is 0 Å². The van der Waals surface area contributed by atoms with E-state index in [0.29, 0.717) is 5.92 Å². The molecule has 2 atom stereocenters. The summed E-state index contributed by atoms with van der Waals surface area (Å²) in [5.74, 6) is 0.582. The molecule has 0 amide bonds. The van der Waals surface area contributed by atoms with Crippen LogP contribution in [0.2, 0.25) is 4.34 Å². The van der Waals surface area contributed by atoms with Crippen molar-refractivity contribution in [3.05, 3.63) is 21.3 Å². The van der Waals surface area contributed by atoms with Gasteiger partial charge in [0.1, 0.15) is 0 Å². The summed E-state index contributed by atoms with van der Waals surface area (Å²) in [5, 5.41) is 3.24. The van der Waals surface area contributed by atoms with Gasteiger partial charge in [0.2, 0.25) is 0 Å². The van der Waals surface area contributed by atoms with Crippen molar-refractivity contribution in [2.75, 3.05) is 20.2 Å². The SMILES string of the molecule is CNCC1CCCOC1c1ccc(Cl)s1. The molecule has 0 radical (unpaired) electrons. The number of hydrogen-bond acceptors (Lipinski definition) is 3. The zero-order valence-electron chi connectivity index (χ0n) is 8.83. The summed E-state index contributed by atoms with van der Waals surface area (Å²) < 4.78 is 6.70. The van der Waals surface area contributed by atoms with E-state index < -0.39 is 0 Å². The molecule has 2 heterocycles. The van der Waals surface area contributed by atoms with E-state index in [9.17, 15) is 0 Å². The molecule has 0 bridgehead atoms. The highest BCUT2D eigenvalue weighted by molar-refractivity contribution is 7.16. The van der Waals surface area contributed by atoms with Crippen LogP contribution in [-0.4, -0.2) is 20.2 Å². The van der Waals surface area contributed by atoms with Crippen molar-refractivity contribution >= 4 is 22.9 Å². The molecular weight excluding hydrogens is 230 g/mol. The number of rotatable bonds is 3. The smallest absolute Gasteiger partial charge is 0.0957 e. The number of nitrogens with one attached hydrogen (secondary N) is 1. The van der Waals surface area contributed by atoms with E-state index in [1.807, 2.05) is 13.1 Å². The van der Waals surface area contributed by atoms with E-state index in [2.05, 4.69) is 11.4 Å². The lowest BCUT2D eigenvalue weighted by Gasteiger charge is -2.30. The second-order valence-electron chi connectivity index (χ2n) is 3.89. The van der Waals surface area contributed by atoms with Crippen LogP contribution in [0.3, 0.4) is 0 Å². The maximum absolute atomic E-state index is 5.95. The lowest BCUT2D eigenvalue weighted by Crippen LogP contribution is -2.29. The Bertz CT molecular complexity index is 313. The Morgan fingerprint density at radius 1 is 1.60 bits per heavy atom. The molecule has 1 fully saturated rings. The van der Waals surface area contributed by atoms with Gasteiger partial charge in [0, 0.05) is 23.9 Å². The number of thiophene rings is 1. The van der Waals surface area contributed by atoms with E-state index in [1.54, 1.807) is 11.3 Å². The molecule has 2 unspecified atom stereocenters. The molecule has 0 saturated carbocycles. The predicted octanol–water partition coefficient (Wildman–Crippen LogP) is 3.09. The van der Waals surface area contributed by atoms with Gasteiger partial charge in [0.25, 0.3) is 0 Å². The third-order valence-electron chi connectivity index (χ3n) is 2.79. The summed E-state index contributed by atoms with van der Waals surface area (Å²) >= 11 is 7.59. The van der Waals surface area contributed by atoms with Crippen molar-refractivity contribution in [2.24, 2.45) is 5.92 Å². The third kappa shape index (κ3) is 2.72. The van der Waals surface area contributed by atoms with Gasteiger partial charge >= 0.3 is 0 Å². The fraction of sp³-hybridized carbons (Fsp3) is 0.636. The van der Waals surface area contributed by atoms with Gasteiger partial charge in [0.05, 0.1) is 10.4 Å². The highest BCUT2D eigenvalue weighted by atomic mass is 35.5. The van der Waals surface area contributed by atoms with Crippen LogP contribution in [0, 0.1) is 5.92 Å². The molecular formula is C11H16ClNOS. The molecule has 0 spiro atoms. The fourth-order valence-electron chi connectivity index (χ4n) is 2.11. The summed E-state index contributed by atoms with van der Waals surface area (Å²) in [6.07, 6.45) is 2.65. The molecule has 0 aliphatic carbocycles. The van der Waals surface area contributed by atoms with Crippen molar-refractivity contribution in [3.8, 4) is 0 Å². The van der Waals surface area contributed by atoms with Gasteiger partial charge in [0.15, 0.2) is 0 Å². The van der Waals surface area contributed by atoms with E-state index in [0.717, 1.165) is 17.5 Å². The van der Waals surface area contributed by atoms with E-state index in [4.69, 9.17) is 16.3 Å². The molecule has 1 aliphatic rings. The van der Waals surface area contributed by atoms with Crippen LogP contribution in [0.15, 0.2) is 12.1 Å². The zero-order chi connectivity index (χ0) is 10.7. The quantitative estimate of drug-likeness (QED) is 0.884. The zero-order valence-corrected chi connectivity index (χ0v) is 10.4. The van der Waals surface area contributed by atoms with Gasteiger partial charge in [-0.2, -0.15) is 0 Å². The summed E-state index contributed by atoms with van der Waals surface area (Å²) in [5.41, 5.74) is 0. The first-order valence-electron chi connectivity index (χ1n) is 5.32. The van der Waals surface area contributed by atoms with Gasteiger partial charge in [-0.05, 0) is 32.0 Å². The van der Waals surface area contributed by atoms with E-state index in [-0.39, 0.29) is 6.10 Å². The van der Waals surface area contributed by atoms with Crippen LogP contribution in [0.1, 0.15) is 23.8 Å². The Morgan fingerprint density at radius 3 is 3.13 bits per heavy atom. The van der Waals surface area contributed by atoms with E-state index in [1.165, 1.54) is 17.7 Å². The molecule has 1 N–H and O–H groups in total. The molecule has 1 saturated heterocycles. The van der Waals surface area contributed by atoms with Crippen molar-refractivity contribution < 1.29 is 4.74 Å². The lowest BCUT2D eigenvalue weighted by molar-refractivity contribution is -0.0250. The average molecular weight is 246 g/mol. The minimum Gasteiger partial charge on any atom is -0.372 e. The Hall–Kier alpha value is -0.0900. The van der Waals surface area contributed by atoms with Gasteiger partial charge in [-0.25, -0.2) is 0 Å². The van der Waals surface area contributed by atoms with Crippen LogP contribution < -0.4 is 5.32 Å². The minimum atomic E-state index is 0.240. The monoisotopic (exact) mass is 245 g/mol. The number of hydrogen-bond donors (Lipinski definition) is 1. The molecule has 2 rings (SSSR count). The summed E-state index contributed by atoms with van der Waals surface area (Å²) in [7, 11) is 1.99. The molecule has 15 heavy (non-hydrogen) atoms.